The minimum Gasteiger partial charge on any atom is -0.464 e. The van der Waals surface area contributed by atoms with Crippen LogP contribution >= 0.6 is 15.9 Å². The number of ether oxygens (including phenoxy) is 2. The number of ketones is 2. The van der Waals surface area contributed by atoms with E-state index in [4.69, 9.17) is 37.9 Å². The van der Waals surface area contributed by atoms with Crippen molar-refractivity contribution in [2.75, 3.05) is 48.5 Å². The Bertz CT molecular complexity index is 5240. The van der Waals surface area contributed by atoms with E-state index in [-0.39, 0.29) is 96.8 Å². The fourth-order valence-electron chi connectivity index (χ4n) is 10.9. The standard InChI is InChI=1S/C31H35N5O7S.C22H26N6O4S.C14H17N5O3S.C6H6BrN3O2/c1-20(2)44(41,42)24-13-11-22(12-14-24)25-18-33-29(32)28(35-25)30(39)34-17-23(37)16-27(38)26-10-6-7-15-36(26)31(40)43-19-21-8-4-3-5-9-21;1-13(2)33(30,31)16-10-8-14(9-11-16)17-12-24-19(23)18(25-17)21-27-28-22(32-21)26-20(29)15-6-4-3-5-7-15;1-8(2)23(21,22)10-5-3-9(4-6-10)11-7-17-13(15)12(18-11)14(20)19-16;1-12-6(11)4-5(8)9-2-3(7)10-4/h3-5,8-9,11-14,18,20,26H,6-7,10,15-17,19H2,1-2H3,(H2,32,33)(H,34,39);8-13,15H,3-7H2,1-2H3,(H2,23,24)(H,26,28,29);3-8H,16H2,1-2H3,(H2,15,17)(H,19,20);2H,1H3,(H2,8,9)/t26-;;;/m0.../s1. The number of benzene rings is 4. The van der Waals surface area contributed by atoms with Crippen LogP contribution in [0.15, 0.2) is 152 Å². The second-order valence-corrected chi connectivity index (χ2v) is 34.4. The number of hydrogen-bond donors (Lipinski definition) is 8. The number of likely N-dealkylation sites (tertiary alicyclic amines) is 1. The van der Waals surface area contributed by atoms with Gasteiger partial charge in [-0.25, -0.2) is 80.6 Å². The van der Waals surface area contributed by atoms with Crippen LogP contribution < -0.4 is 44.8 Å². The minimum absolute atomic E-state index is 0.0181. The van der Waals surface area contributed by atoms with E-state index in [1.54, 1.807) is 77.9 Å². The summed E-state index contributed by atoms with van der Waals surface area (Å²) in [4.78, 5) is 121. The van der Waals surface area contributed by atoms with E-state index >= 15 is 0 Å². The summed E-state index contributed by atoms with van der Waals surface area (Å²) in [6, 6.07) is 26.9. The Morgan fingerprint density at radius 3 is 1.52 bits per heavy atom. The normalized spacial score (nSPS) is 13.7. The zero-order valence-electron chi connectivity index (χ0n) is 61.9. The Kier molecular flexibility index (Phi) is 29.8. The molecule has 2 fully saturated rings. The summed E-state index contributed by atoms with van der Waals surface area (Å²) in [5, 5.41) is 11.3. The van der Waals surface area contributed by atoms with Crippen molar-refractivity contribution in [2.45, 2.75) is 142 Å². The number of hydrazine groups is 1. The molecule has 4 amide bonds. The molecule has 5 aromatic heterocycles. The molecule has 0 spiro atoms. The molecule has 13 N–H and O–H groups in total. The van der Waals surface area contributed by atoms with Gasteiger partial charge in [-0.15, -0.1) is 5.10 Å². The molecule has 0 unspecified atom stereocenters. The highest BCUT2D eigenvalue weighted by Crippen LogP contribution is 2.31. The Balaban J connectivity index is 0.000000203. The summed E-state index contributed by atoms with van der Waals surface area (Å²) in [7, 11) is -8.92. The molecule has 592 valence electrons. The Morgan fingerprint density at radius 2 is 1.03 bits per heavy atom. The van der Waals surface area contributed by atoms with Gasteiger partial charge in [0.05, 0.1) is 98.4 Å². The van der Waals surface area contributed by atoms with Crippen LogP contribution in [-0.2, 0) is 60.0 Å². The number of piperidine rings is 1. The number of nitrogens with two attached hydrogens (primary N) is 5. The van der Waals surface area contributed by atoms with Gasteiger partial charge in [0.25, 0.3) is 17.7 Å². The van der Waals surface area contributed by atoms with Gasteiger partial charge >= 0.3 is 18.1 Å². The Labute approximate surface area is 653 Å². The number of nitrogens with one attached hydrogen (secondary N) is 3. The zero-order valence-corrected chi connectivity index (χ0v) is 66.0. The first kappa shape index (κ1) is 85.9. The summed E-state index contributed by atoms with van der Waals surface area (Å²) >= 11 is 3.06. The maximum atomic E-state index is 13.0. The first-order valence-corrected chi connectivity index (χ1v) is 40.3. The number of anilines is 5. The van der Waals surface area contributed by atoms with Crippen molar-refractivity contribution in [3.8, 4) is 45.4 Å². The molecule has 9 aromatic rings. The fraction of sp³-hybridized carbons (Fsp3) is 0.329. The molecule has 0 bridgehead atoms. The van der Waals surface area contributed by atoms with Gasteiger partial charge in [0.15, 0.2) is 87.1 Å². The molecule has 6 heterocycles. The lowest BCUT2D eigenvalue weighted by Gasteiger charge is -2.33. The maximum Gasteiger partial charge on any atom is 0.410 e. The van der Waals surface area contributed by atoms with Crippen LogP contribution in [0.2, 0.25) is 0 Å². The van der Waals surface area contributed by atoms with Gasteiger partial charge in [0.1, 0.15) is 11.2 Å². The summed E-state index contributed by atoms with van der Waals surface area (Å²) in [5.41, 5.74) is 28.3. The van der Waals surface area contributed by atoms with Crippen molar-refractivity contribution in [3.05, 3.63) is 155 Å². The first-order chi connectivity index (χ1) is 53.1. The van der Waals surface area contributed by atoms with E-state index in [1.807, 2.05) is 35.8 Å². The van der Waals surface area contributed by atoms with Crippen molar-refractivity contribution in [3.63, 3.8) is 0 Å². The SMILES string of the molecule is CC(C)S(=O)(=O)c1ccc(-c2cnc(N)c(-c3nnc(NC(=O)C4CCCCC4)o3)n2)cc1.CC(C)S(=O)(=O)c1ccc(-c2cnc(N)c(C(=O)NCC(=O)CC(=O)[C@@H]3CCCCN3C(=O)OCc3ccccc3)n2)cc1.CC(C)S(=O)(=O)c1ccc(-c2cnc(N)c(C(=O)NN)n2)cc1.COC(=O)c1nc(Br)cnc1N. The topological polar surface area (TPSA) is 552 Å². The van der Waals surface area contributed by atoms with Gasteiger partial charge in [0, 0.05) is 29.2 Å². The molecule has 35 nitrogen and oxygen atoms in total. The van der Waals surface area contributed by atoms with Crippen LogP contribution in [0, 0.1) is 5.92 Å². The lowest BCUT2D eigenvalue weighted by atomic mass is 9.89. The summed E-state index contributed by atoms with van der Waals surface area (Å²) in [6.45, 7) is 9.65. The second kappa shape index (κ2) is 38.8. The van der Waals surface area contributed by atoms with Crippen LogP contribution in [0.4, 0.5) is 34.1 Å². The third kappa shape index (κ3) is 22.3. The number of aromatic nitrogens is 10. The second-order valence-electron chi connectivity index (χ2n) is 26.1. The lowest BCUT2D eigenvalue weighted by Crippen LogP contribution is -2.49. The maximum absolute atomic E-state index is 13.0. The number of Topliss-reactive ketones (excluding diaryl/α,β-unsaturated/α-hetero) is 2. The van der Waals surface area contributed by atoms with E-state index in [2.05, 4.69) is 81.4 Å². The first-order valence-electron chi connectivity index (χ1n) is 34.9. The molecule has 1 saturated carbocycles. The highest BCUT2D eigenvalue weighted by molar-refractivity contribution is 9.10. The van der Waals surface area contributed by atoms with Crippen LogP contribution in [0.1, 0.15) is 136 Å². The van der Waals surface area contributed by atoms with E-state index in [1.165, 1.54) is 73.2 Å². The van der Waals surface area contributed by atoms with Crippen molar-refractivity contribution < 1.29 is 72.7 Å². The van der Waals surface area contributed by atoms with Gasteiger partial charge in [-0.1, -0.05) is 91.1 Å². The van der Waals surface area contributed by atoms with Crippen LogP contribution in [0.25, 0.3) is 45.4 Å². The van der Waals surface area contributed by atoms with E-state index in [0.717, 1.165) is 50.5 Å². The van der Waals surface area contributed by atoms with Gasteiger partial charge in [-0.2, -0.15) is 0 Å². The van der Waals surface area contributed by atoms with Gasteiger partial charge in [-0.3, -0.25) is 39.6 Å². The number of sulfone groups is 3. The quantitative estimate of drug-likeness (QED) is 0.0105. The highest BCUT2D eigenvalue weighted by atomic mass is 79.9. The number of nitrogens with zero attached hydrogens (tertiary/aromatic N) is 11. The largest absolute Gasteiger partial charge is 0.464 e. The highest BCUT2D eigenvalue weighted by Gasteiger charge is 2.35. The summed E-state index contributed by atoms with van der Waals surface area (Å²) in [6.07, 6.45) is 11.3. The molecule has 112 heavy (non-hydrogen) atoms. The van der Waals surface area contributed by atoms with Crippen LogP contribution in [-0.4, -0.2) is 164 Å². The number of nitrogen functional groups attached to an aromatic ring is 5. The van der Waals surface area contributed by atoms with Crippen molar-refractivity contribution in [2.24, 2.45) is 11.8 Å². The lowest BCUT2D eigenvalue weighted by molar-refractivity contribution is -0.130. The predicted octanol–water partition coefficient (Wildman–Crippen LogP) is 7.95. The molecule has 2 aliphatic rings. The van der Waals surface area contributed by atoms with Crippen LogP contribution in [0.3, 0.4) is 0 Å². The number of esters is 1. The molecule has 1 saturated heterocycles. The van der Waals surface area contributed by atoms with Crippen molar-refractivity contribution in [1.82, 2.24) is 65.7 Å². The molecule has 0 radical (unpaired) electrons. The van der Waals surface area contributed by atoms with Gasteiger partial charge in [0.2, 0.25) is 5.91 Å². The zero-order chi connectivity index (χ0) is 81.8. The molecule has 39 heteroatoms. The summed E-state index contributed by atoms with van der Waals surface area (Å²) in [5.74, 6) is 1.86. The molecule has 4 aromatic carbocycles. The fourth-order valence-corrected chi connectivity index (χ4v) is 14.4. The number of hydrogen-bond acceptors (Lipinski definition) is 31. The average molecular weight is 1660 g/mol. The van der Waals surface area contributed by atoms with E-state index < -0.39 is 99.7 Å². The number of carbonyl (C=O) groups excluding carboxylic acids is 7. The van der Waals surface area contributed by atoms with Crippen molar-refractivity contribution in [1.29, 1.82) is 0 Å². The van der Waals surface area contributed by atoms with Crippen molar-refractivity contribution >= 4 is 116 Å². The number of amides is 4. The molecule has 1 aliphatic carbocycles. The number of rotatable bonds is 22. The molecular formula is C73H84BrN19O16S3. The average Bonchev–Trinajstić information content (AvgIpc) is 0.855. The van der Waals surface area contributed by atoms with E-state index in [0.29, 0.717) is 45.6 Å². The monoisotopic (exact) mass is 1660 g/mol. The molecule has 1 aliphatic heterocycles. The predicted molar refractivity (Wildman–Crippen MR) is 416 cm³/mol. The Hall–Kier alpha value is -11.7. The third-order valence-electron chi connectivity index (χ3n) is 17.4. The van der Waals surface area contributed by atoms with Crippen LogP contribution in [0.5, 0.6) is 0 Å². The van der Waals surface area contributed by atoms with Gasteiger partial charge in [-0.05, 0) is 132 Å². The van der Waals surface area contributed by atoms with Gasteiger partial charge < -0.3 is 42.1 Å². The molecular weight excluding hydrogens is 1580 g/mol. The number of methoxy groups -OCH3 is 1. The minimum atomic E-state index is -3.46. The number of carbonyl (C=O) groups is 7. The smallest absolute Gasteiger partial charge is 0.410 e. The number of halogens is 1. The molecule has 1 atom stereocenters. The summed E-state index contributed by atoms with van der Waals surface area (Å²) < 4.78 is 89.5. The van der Waals surface area contributed by atoms with E-state index in [9.17, 15) is 58.8 Å². The molecule has 11 rings (SSSR count). The Morgan fingerprint density at radius 1 is 0.562 bits per heavy atom. The third-order valence-corrected chi connectivity index (χ3v) is 24.3.